The number of carbonyl (C=O) groups is 1. The molecule has 2 unspecified atom stereocenters. The molecule has 0 bridgehead atoms. The maximum Gasteiger partial charge on any atom is 0.220 e. The lowest BCUT2D eigenvalue weighted by atomic mass is 10.1. The number of aromatic nitrogens is 1. The van der Waals surface area contributed by atoms with Crippen LogP contribution in [0.2, 0.25) is 0 Å². The average molecular weight is 332 g/mol. The first-order valence-electron chi connectivity index (χ1n) is 8.51. The first kappa shape index (κ1) is 16.4. The van der Waals surface area contributed by atoms with E-state index in [-0.39, 0.29) is 17.9 Å². The fraction of sp³-hybridized carbons (Fsp3) is 0.556. The zero-order valence-corrected chi connectivity index (χ0v) is 14.1. The van der Waals surface area contributed by atoms with Crippen molar-refractivity contribution in [3.8, 4) is 0 Å². The van der Waals surface area contributed by atoms with Crippen molar-refractivity contribution in [3.05, 3.63) is 29.3 Å². The Kier molecular flexibility index (Phi) is 5.62. The predicted molar refractivity (Wildman–Crippen MR) is 93.5 cm³/mol. The molecule has 0 aliphatic heterocycles. The largest absolute Gasteiger partial charge is 0.393 e. The standard InChI is InChI=1S/C18H24N2O2S/c21-15-8-5-6-13(15)12-19-17(22)10-3-4-11-18-20-14-7-1-2-9-16(14)23-18/h1-2,7,9,13,15,21H,3-6,8,10-12H2,(H,19,22). The molecule has 4 nitrogen and oxygen atoms in total. The molecule has 0 radical (unpaired) electrons. The van der Waals surface area contributed by atoms with Gasteiger partial charge >= 0.3 is 0 Å². The second-order valence-corrected chi connectivity index (χ2v) is 7.46. The van der Waals surface area contributed by atoms with Gasteiger partial charge < -0.3 is 10.4 Å². The normalized spacial score (nSPS) is 20.9. The van der Waals surface area contributed by atoms with Gasteiger partial charge in [-0.05, 0) is 44.2 Å². The molecule has 1 aliphatic carbocycles. The monoisotopic (exact) mass is 332 g/mol. The van der Waals surface area contributed by atoms with Crippen LogP contribution in [0.15, 0.2) is 24.3 Å². The topological polar surface area (TPSA) is 62.2 Å². The number of aryl methyl sites for hydroxylation is 1. The SMILES string of the molecule is O=C(CCCCc1nc2ccccc2s1)NCC1CCCC1O. The first-order valence-corrected chi connectivity index (χ1v) is 9.33. The third-order valence-electron chi connectivity index (χ3n) is 4.56. The van der Waals surface area contributed by atoms with Gasteiger partial charge in [-0.25, -0.2) is 4.98 Å². The van der Waals surface area contributed by atoms with Crippen molar-refractivity contribution in [1.29, 1.82) is 0 Å². The van der Waals surface area contributed by atoms with Gasteiger partial charge in [0.1, 0.15) is 0 Å². The predicted octanol–water partition coefficient (Wildman–Crippen LogP) is 3.29. The number of fused-ring (bicyclic) bond motifs is 1. The minimum absolute atomic E-state index is 0.105. The molecule has 3 rings (SSSR count). The molecule has 5 heteroatoms. The highest BCUT2D eigenvalue weighted by Gasteiger charge is 2.25. The van der Waals surface area contributed by atoms with Gasteiger partial charge in [0.25, 0.3) is 0 Å². The van der Waals surface area contributed by atoms with Crippen molar-refractivity contribution in [2.24, 2.45) is 5.92 Å². The Bertz CT molecular complexity index is 622. The summed E-state index contributed by atoms with van der Waals surface area (Å²) in [5.74, 6) is 0.357. The van der Waals surface area contributed by atoms with Crippen molar-refractivity contribution in [3.63, 3.8) is 0 Å². The summed E-state index contributed by atoms with van der Waals surface area (Å²) < 4.78 is 1.23. The van der Waals surface area contributed by atoms with Gasteiger partial charge in [-0.1, -0.05) is 18.6 Å². The van der Waals surface area contributed by atoms with Crippen molar-refractivity contribution in [2.45, 2.75) is 51.0 Å². The molecule has 1 fully saturated rings. The number of carbonyl (C=O) groups excluding carboxylic acids is 1. The smallest absolute Gasteiger partial charge is 0.220 e. The molecule has 0 spiro atoms. The molecule has 124 valence electrons. The summed E-state index contributed by atoms with van der Waals surface area (Å²) in [6, 6.07) is 8.19. The molecular weight excluding hydrogens is 308 g/mol. The van der Waals surface area contributed by atoms with Gasteiger partial charge in [-0.15, -0.1) is 11.3 Å². The molecule has 1 saturated carbocycles. The Labute approximate surface area is 140 Å². The van der Waals surface area contributed by atoms with Crippen LogP contribution in [-0.4, -0.2) is 28.6 Å². The Morgan fingerprint density at radius 1 is 1.30 bits per heavy atom. The minimum Gasteiger partial charge on any atom is -0.393 e. The van der Waals surface area contributed by atoms with E-state index in [1.165, 1.54) is 4.70 Å². The molecule has 1 aromatic carbocycles. The summed E-state index contributed by atoms with van der Waals surface area (Å²) in [5, 5.41) is 13.9. The zero-order valence-electron chi connectivity index (χ0n) is 13.3. The number of para-hydroxylation sites is 1. The number of hydrogen-bond acceptors (Lipinski definition) is 4. The van der Waals surface area contributed by atoms with Crippen LogP contribution in [0.1, 0.15) is 43.5 Å². The molecular formula is C18H24N2O2S. The van der Waals surface area contributed by atoms with Crippen molar-refractivity contribution in [1.82, 2.24) is 10.3 Å². The number of nitrogens with zero attached hydrogens (tertiary/aromatic N) is 1. The van der Waals surface area contributed by atoms with E-state index in [4.69, 9.17) is 0 Å². The van der Waals surface area contributed by atoms with Crippen LogP contribution in [-0.2, 0) is 11.2 Å². The van der Waals surface area contributed by atoms with Gasteiger partial charge in [0.05, 0.1) is 21.3 Å². The summed E-state index contributed by atoms with van der Waals surface area (Å²) in [6.45, 7) is 0.623. The second-order valence-electron chi connectivity index (χ2n) is 6.34. The maximum absolute atomic E-state index is 11.9. The molecule has 1 aliphatic rings. The molecule has 1 heterocycles. The van der Waals surface area contributed by atoms with Crippen molar-refractivity contribution < 1.29 is 9.90 Å². The molecule has 2 N–H and O–H groups in total. The number of benzene rings is 1. The van der Waals surface area contributed by atoms with E-state index in [0.717, 1.165) is 49.0 Å². The van der Waals surface area contributed by atoms with Crippen LogP contribution < -0.4 is 5.32 Å². The molecule has 1 amide bonds. The summed E-state index contributed by atoms with van der Waals surface area (Å²) >= 11 is 1.74. The number of thiazole rings is 1. The van der Waals surface area contributed by atoms with E-state index in [0.29, 0.717) is 13.0 Å². The number of amides is 1. The number of aliphatic hydroxyl groups excluding tert-OH is 1. The van der Waals surface area contributed by atoms with Crippen LogP contribution in [0.5, 0.6) is 0 Å². The number of rotatable bonds is 7. The van der Waals surface area contributed by atoms with Crippen LogP contribution in [0.25, 0.3) is 10.2 Å². The quantitative estimate of drug-likeness (QED) is 0.765. The Morgan fingerprint density at radius 3 is 2.96 bits per heavy atom. The third-order valence-corrected chi connectivity index (χ3v) is 5.66. The minimum atomic E-state index is -0.227. The van der Waals surface area contributed by atoms with Crippen LogP contribution in [0.3, 0.4) is 0 Å². The van der Waals surface area contributed by atoms with Crippen molar-refractivity contribution >= 4 is 27.5 Å². The second kappa shape index (κ2) is 7.88. The summed E-state index contributed by atoms with van der Waals surface area (Å²) in [6.07, 6.45) is 6.12. The lowest BCUT2D eigenvalue weighted by molar-refractivity contribution is -0.121. The van der Waals surface area contributed by atoms with Crippen molar-refractivity contribution in [2.75, 3.05) is 6.54 Å². The van der Waals surface area contributed by atoms with E-state index in [1.807, 2.05) is 18.2 Å². The fourth-order valence-electron chi connectivity index (χ4n) is 3.18. The summed E-state index contributed by atoms with van der Waals surface area (Å²) in [4.78, 5) is 16.5. The highest BCUT2D eigenvalue weighted by molar-refractivity contribution is 7.18. The number of unbranched alkanes of at least 4 members (excludes halogenated alkanes) is 1. The lowest BCUT2D eigenvalue weighted by Gasteiger charge is -2.14. The maximum atomic E-state index is 11.9. The third kappa shape index (κ3) is 4.52. The van der Waals surface area contributed by atoms with Gasteiger partial charge in [-0.2, -0.15) is 0 Å². The molecule has 0 saturated heterocycles. The molecule has 2 aromatic rings. The Hall–Kier alpha value is -1.46. The lowest BCUT2D eigenvalue weighted by Crippen LogP contribution is -2.32. The van der Waals surface area contributed by atoms with Crippen LogP contribution >= 0.6 is 11.3 Å². The number of nitrogens with one attached hydrogen (secondary N) is 1. The van der Waals surface area contributed by atoms with Crippen LogP contribution in [0.4, 0.5) is 0 Å². The van der Waals surface area contributed by atoms with E-state index in [2.05, 4.69) is 16.4 Å². The average Bonchev–Trinajstić information content (AvgIpc) is 3.15. The summed E-state index contributed by atoms with van der Waals surface area (Å²) in [5.41, 5.74) is 1.07. The van der Waals surface area contributed by atoms with Crippen LogP contribution in [0, 0.1) is 5.92 Å². The Balaban J connectivity index is 1.33. The molecule has 23 heavy (non-hydrogen) atoms. The van der Waals surface area contributed by atoms with E-state index in [9.17, 15) is 9.90 Å². The van der Waals surface area contributed by atoms with Gasteiger partial charge in [0.15, 0.2) is 0 Å². The van der Waals surface area contributed by atoms with Gasteiger partial charge in [0, 0.05) is 18.9 Å². The van der Waals surface area contributed by atoms with E-state index in [1.54, 1.807) is 11.3 Å². The molecule has 1 aromatic heterocycles. The highest BCUT2D eigenvalue weighted by atomic mass is 32.1. The van der Waals surface area contributed by atoms with E-state index >= 15 is 0 Å². The van der Waals surface area contributed by atoms with Gasteiger partial charge in [-0.3, -0.25) is 4.79 Å². The number of aliphatic hydroxyl groups is 1. The zero-order chi connectivity index (χ0) is 16.1. The summed E-state index contributed by atoms with van der Waals surface area (Å²) in [7, 11) is 0. The van der Waals surface area contributed by atoms with E-state index < -0.39 is 0 Å². The Morgan fingerprint density at radius 2 is 2.17 bits per heavy atom. The van der Waals surface area contributed by atoms with Gasteiger partial charge in [0.2, 0.25) is 5.91 Å². The highest BCUT2D eigenvalue weighted by Crippen LogP contribution is 2.25. The molecule has 2 atom stereocenters. The fourth-order valence-corrected chi connectivity index (χ4v) is 4.19. The first-order chi connectivity index (χ1) is 11.2. The number of hydrogen-bond donors (Lipinski definition) is 2.